The molecule has 23 heavy (non-hydrogen) atoms. The number of hydrogen-bond donors (Lipinski definition) is 1. The second kappa shape index (κ2) is 7.53. The molecule has 0 unspecified atom stereocenters. The van der Waals surface area contributed by atoms with Crippen molar-refractivity contribution in [2.24, 2.45) is 0 Å². The van der Waals surface area contributed by atoms with Gasteiger partial charge in [0.15, 0.2) is 0 Å². The Balaban J connectivity index is 1.52. The van der Waals surface area contributed by atoms with Crippen molar-refractivity contribution in [1.29, 1.82) is 0 Å². The van der Waals surface area contributed by atoms with Gasteiger partial charge in [0.05, 0.1) is 12.7 Å². The summed E-state index contributed by atoms with van der Waals surface area (Å²) in [6.07, 6.45) is 3.81. The zero-order chi connectivity index (χ0) is 16.1. The number of rotatable bonds is 5. The Morgan fingerprint density at radius 3 is 3.00 bits per heavy atom. The van der Waals surface area contributed by atoms with E-state index >= 15 is 0 Å². The number of aryl methyl sites for hydroxylation is 1. The van der Waals surface area contributed by atoms with E-state index in [0.717, 1.165) is 44.6 Å². The highest BCUT2D eigenvalue weighted by molar-refractivity contribution is 5.31. The highest BCUT2D eigenvalue weighted by atomic mass is 19.1. The van der Waals surface area contributed by atoms with Gasteiger partial charge in [-0.25, -0.2) is 9.37 Å². The van der Waals surface area contributed by atoms with Crippen LogP contribution < -0.4 is 5.73 Å². The lowest BCUT2D eigenvalue weighted by atomic mass is 10.1. The van der Waals surface area contributed by atoms with Crippen LogP contribution in [0.1, 0.15) is 17.5 Å². The number of pyridine rings is 1. The Bertz CT molecular complexity index is 650. The van der Waals surface area contributed by atoms with Gasteiger partial charge >= 0.3 is 0 Å². The maximum atomic E-state index is 13.3. The lowest BCUT2D eigenvalue weighted by molar-refractivity contribution is -0.0345. The Labute approximate surface area is 136 Å². The van der Waals surface area contributed by atoms with Crippen LogP contribution in [0.15, 0.2) is 42.6 Å². The van der Waals surface area contributed by atoms with Gasteiger partial charge < -0.3 is 10.5 Å². The summed E-state index contributed by atoms with van der Waals surface area (Å²) < 4.78 is 19.1. The summed E-state index contributed by atoms with van der Waals surface area (Å²) in [5.74, 6) is 0.377. The summed E-state index contributed by atoms with van der Waals surface area (Å²) >= 11 is 0. The van der Waals surface area contributed by atoms with E-state index in [1.807, 2.05) is 18.2 Å². The minimum absolute atomic E-state index is 0.178. The van der Waals surface area contributed by atoms with Gasteiger partial charge in [-0.05, 0) is 48.2 Å². The largest absolute Gasteiger partial charge is 0.384 e. The molecule has 5 heteroatoms. The third kappa shape index (κ3) is 4.74. The maximum Gasteiger partial charge on any atom is 0.123 e. The molecule has 0 amide bonds. The van der Waals surface area contributed by atoms with Crippen molar-refractivity contribution in [2.75, 3.05) is 25.4 Å². The van der Waals surface area contributed by atoms with Crippen molar-refractivity contribution in [2.45, 2.75) is 25.5 Å². The van der Waals surface area contributed by atoms with Crippen LogP contribution in [0.4, 0.5) is 10.2 Å². The van der Waals surface area contributed by atoms with Crippen LogP contribution in [-0.2, 0) is 17.7 Å². The summed E-state index contributed by atoms with van der Waals surface area (Å²) in [6, 6.07) is 10.7. The number of nitrogen functional groups attached to an aromatic ring is 1. The first kappa shape index (κ1) is 15.9. The monoisotopic (exact) mass is 315 g/mol. The van der Waals surface area contributed by atoms with E-state index < -0.39 is 0 Å². The minimum Gasteiger partial charge on any atom is -0.384 e. The maximum absolute atomic E-state index is 13.3. The predicted octanol–water partition coefficient (Wildman–Crippen LogP) is 2.64. The molecule has 0 bridgehead atoms. The number of benzene rings is 1. The first-order valence-corrected chi connectivity index (χ1v) is 7.98. The quantitative estimate of drug-likeness (QED) is 0.921. The first-order valence-electron chi connectivity index (χ1n) is 7.98. The second-order valence-corrected chi connectivity index (χ2v) is 5.99. The van der Waals surface area contributed by atoms with E-state index in [0.29, 0.717) is 5.82 Å². The fraction of sp³-hybridized carbons (Fsp3) is 0.389. The molecule has 1 saturated heterocycles. The zero-order valence-corrected chi connectivity index (χ0v) is 13.1. The number of hydrogen-bond acceptors (Lipinski definition) is 4. The Morgan fingerprint density at radius 2 is 2.17 bits per heavy atom. The molecule has 0 aliphatic carbocycles. The number of morpholine rings is 1. The van der Waals surface area contributed by atoms with Crippen molar-refractivity contribution >= 4 is 5.82 Å². The van der Waals surface area contributed by atoms with Gasteiger partial charge in [-0.2, -0.15) is 0 Å². The average Bonchev–Trinajstić information content (AvgIpc) is 2.53. The smallest absolute Gasteiger partial charge is 0.123 e. The Morgan fingerprint density at radius 1 is 1.26 bits per heavy atom. The summed E-state index contributed by atoms with van der Waals surface area (Å²) in [7, 11) is 0. The summed E-state index contributed by atoms with van der Waals surface area (Å²) in [6.45, 7) is 3.24. The number of aromatic nitrogens is 1. The summed E-state index contributed by atoms with van der Waals surface area (Å²) in [5.41, 5.74) is 7.90. The number of nitrogens with zero attached hydrogens (tertiary/aromatic N) is 2. The van der Waals surface area contributed by atoms with E-state index in [-0.39, 0.29) is 11.9 Å². The molecule has 0 saturated carbocycles. The van der Waals surface area contributed by atoms with Gasteiger partial charge in [0.2, 0.25) is 0 Å². The van der Waals surface area contributed by atoms with Crippen molar-refractivity contribution in [3.05, 3.63) is 59.5 Å². The van der Waals surface area contributed by atoms with Crippen molar-refractivity contribution in [3.8, 4) is 0 Å². The third-order valence-corrected chi connectivity index (χ3v) is 4.12. The van der Waals surface area contributed by atoms with Crippen LogP contribution in [0.5, 0.6) is 0 Å². The molecule has 1 aromatic carbocycles. The lowest BCUT2D eigenvalue weighted by Gasteiger charge is -2.33. The fourth-order valence-electron chi connectivity index (χ4n) is 2.97. The zero-order valence-electron chi connectivity index (χ0n) is 13.1. The van der Waals surface area contributed by atoms with Gasteiger partial charge in [-0.1, -0.05) is 12.1 Å². The first-order chi connectivity index (χ1) is 11.2. The van der Waals surface area contributed by atoms with E-state index in [1.54, 1.807) is 18.3 Å². The van der Waals surface area contributed by atoms with Crippen molar-refractivity contribution in [1.82, 2.24) is 9.88 Å². The Kier molecular flexibility index (Phi) is 5.20. The molecule has 2 heterocycles. The Hall–Kier alpha value is -1.98. The molecular weight excluding hydrogens is 293 g/mol. The van der Waals surface area contributed by atoms with Crippen LogP contribution in [0.2, 0.25) is 0 Å². The highest BCUT2D eigenvalue weighted by Crippen LogP contribution is 2.16. The third-order valence-electron chi connectivity index (χ3n) is 4.12. The summed E-state index contributed by atoms with van der Waals surface area (Å²) in [4.78, 5) is 6.33. The van der Waals surface area contributed by atoms with Crippen LogP contribution >= 0.6 is 0 Å². The SMILES string of the molecule is Nc1cc(CC[C@@H]2CN(Cc3cccc(F)c3)CCO2)ccn1. The summed E-state index contributed by atoms with van der Waals surface area (Å²) in [5, 5.41) is 0. The van der Waals surface area contributed by atoms with Gasteiger partial charge in [0, 0.05) is 25.8 Å². The normalized spacial score (nSPS) is 18.9. The molecule has 1 aromatic heterocycles. The minimum atomic E-state index is -0.178. The number of ether oxygens (including phenoxy) is 1. The van der Waals surface area contributed by atoms with Crippen LogP contribution in [-0.4, -0.2) is 35.7 Å². The van der Waals surface area contributed by atoms with E-state index in [9.17, 15) is 4.39 Å². The van der Waals surface area contributed by atoms with Gasteiger partial charge in [0.25, 0.3) is 0 Å². The van der Waals surface area contributed by atoms with Gasteiger partial charge in [-0.3, -0.25) is 4.90 Å². The van der Waals surface area contributed by atoms with E-state index in [2.05, 4.69) is 9.88 Å². The lowest BCUT2D eigenvalue weighted by Crippen LogP contribution is -2.42. The van der Waals surface area contributed by atoms with E-state index in [1.165, 1.54) is 11.6 Å². The van der Waals surface area contributed by atoms with E-state index in [4.69, 9.17) is 10.5 Å². The number of nitrogens with two attached hydrogens (primary N) is 1. The van der Waals surface area contributed by atoms with Gasteiger partial charge in [-0.15, -0.1) is 0 Å². The molecule has 2 N–H and O–H groups in total. The molecule has 3 rings (SSSR count). The molecule has 1 atom stereocenters. The van der Waals surface area contributed by atoms with Crippen LogP contribution in [0, 0.1) is 5.82 Å². The fourth-order valence-corrected chi connectivity index (χ4v) is 2.97. The number of anilines is 1. The van der Waals surface area contributed by atoms with Crippen LogP contribution in [0.3, 0.4) is 0 Å². The molecule has 2 aromatic rings. The second-order valence-electron chi connectivity index (χ2n) is 5.99. The molecule has 1 aliphatic rings. The molecule has 0 radical (unpaired) electrons. The molecule has 1 fully saturated rings. The standard InChI is InChI=1S/C18H22FN3O/c19-16-3-1-2-15(10-16)12-22-8-9-23-17(13-22)5-4-14-6-7-21-18(20)11-14/h1-3,6-7,10-11,17H,4-5,8-9,12-13H2,(H2,20,21)/t17-/m1/s1. The molecular formula is C18H22FN3O. The topological polar surface area (TPSA) is 51.4 Å². The molecule has 1 aliphatic heterocycles. The van der Waals surface area contributed by atoms with Gasteiger partial charge in [0.1, 0.15) is 11.6 Å². The molecule has 4 nitrogen and oxygen atoms in total. The van der Waals surface area contributed by atoms with Crippen LogP contribution in [0.25, 0.3) is 0 Å². The highest BCUT2D eigenvalue weighted by Gasteiger charge is 2.20. The molecule has 0 spiro atoms. The predicted molar refractivity (Wildman–Crippen MR) is 88.4 cm³/mol. The average molecular weight is 315 g/mol. The molecule has 122 valence electrons. The number of halogens is 1. The van der Waals surface area contributed by atoms with Crippen molar-refractivity contribution < 1.29 is 9.13 Å². The van der Waals surface area contributed by atoms with Crippen molar-refractivity contribution in [3.63, 3.8) is 0 Å².